The topological polar surface area (TPSA) is 99.9 Å². The number of nitrogens with two attached hydrogens (primary N) is 2. The molecule has 0 aliphatic heterocycles. The van der Waals surface area contributed by atoms with Crippen LogP contribution in [0.2, 0.25) is 0 Å². The summed E-state index contributed by atoms with van der Waals surface area (Å²) in [4.78, 5) is 13.0. The van der Waals surface area contributed by atoms with Gasteiger partial charge in [-0.05, 0) is 38.0 Å². The van der Waals surface area contributed by atoms with Crippen molar-refractivity contribution in [3.05, 3.63) is 59.7 Å². The molecule has 0 radical (unpaired) electrons. The minimum atomic E-state index is 0.663. The predicted octanol–water partition coefficient (Wildman–Crippen LogP) is 5.24. The molecule has 1 aromatic carbocycles. The van der Waals surface area contributed by atoms with E-state index in [4.69, 9.17) is 16.2 Å². The zero-order valence-electron chi connectivity index (χ0n) is 18.7. The molecule has 0 aliphatic rings. The van der Waals surface area contributed by atoms with Gasteiger partial charge in [0.2, 0.25) is 0 Å². The molecule has 30 heavy (non-hydrogen) atoms. The summed E-state index contributed by atoms with van der Waals surface area (Å²) in [5.74, 6) is 0.670. The monoisotopic (exact) mass is 405 g/mol. The smallest absolute Gasteiger partial charge is 0.163 e. The fourth-order valence-corrected chi connectivity index (χ4v) is 3.24. The summed E-state index contributed by atoms with van der Waals surface area (Å²) in [7, 11) is 1.61. The Morgan fingerprint density at radius 1 is 0.900 bits per heavy atom. The molecule has 4 rings (SSSR count). The Balaban J connectivity index is 0.000000197. The van der Waals surface area contributed by atoms with Gasteiger partial charge in [-0.3, -0.25) is 9.97 Å². The number of fused-ring (bicyclic) bond motifs is 2. The molecule has 0 spiro atoms. The summed E-state index contributed by atoms with van der Waals surface area (Å²) in [6.45, 7) is 9.99. The highest BCUT2D eigenvalue weighted by Crippen LogP contribution is 2.31. The fourth-order valence-electron chi connectivity index (χ4n) is 3.24. The third-order valence-electron chi connectivity index (χ3n) is 4.78. The third kappa shape index (κ3) is 4.59. The number of nitrogen functional groups attached to an aromatic ring is 2. The second-order valence-corrected chi connectivity index (χ2v) is 6.50. The molecule has 0 saturated carbocycles. The molecular formula is C24H31N5O. The molecule has 0 fully saturated rings. The molecule has 0 amide bonds. The van der Waals surface area contributed by atoms with E-state index in [2.05, 4.69) is 21.9 Å². The maximum atomic E-state index is 6.03. The molecule has 3 aromatic heterocycles. The van der Waals surface area contributed by atoms with Gasteiger partial charge < -0.3 is 16.2 Å². The average molecular weight is 406 g/mol. The Bertz CT molecular complexity index is 1140. The van der Waals surface area contributed by atoms with Crippen molar-refractivity contribution < 1.29 is 4.74 Å². The van der Waals surface area contributed by atoms with Crippen LogP contribution in [0, 0.1) is 13.8 Å². The van der Waals surface area contributed by atoms with E-state index in [1.807, 2.05) is 58.0 Å². The van der Waals surface area contributed by atoms with Crippen LogP contribution >= 0.6 is 0 Å². The minimum absolute atomic E-state index is 0.663. The molecule has 0 aliphatic carbocycles. The lowest BCUT2D eigenvalue weighted by Gasteiger charge is -2.09. The van der Waals surface area contributed by atoms with Crippen LogP contribution < -0.4 is 16.2 Å². The molecule has 0 unspecified atom stereocenters. The number of benzene rings is 1. The van der Waals surface area contributed by atoms with E-state index >= 15 is 0 Å². The molecule has 0 bridgehead atoms. The first kappa shape index (κ1) is 22.9. The van der Waals surface area contributed by atoms with Gasteiger partial charge in [-0.15, -0.1) is 0 Å². The van der Waals surface area contributed by atoms with Crippen molar-refractivity contribution in [2.75, 3.05) is 18.6 Å². The number of aromatic nitrogens is 3. The van der Waals surface area contributed by atoms with Crippen molar-refractivity contribution in [3.63, 3.8) is 0 Å². The number of nitrogens with zero attached hydrogens (tertiary/aromatic N) is 3. The van der Waals surface area contributed by atoms with Crippen molar-refractivity contribution in [1.29, 1.82) is 0 Å². The summed E-state index contributed by atoms with van der Waals surface area (Å²) < 4.78 is 5.20. The molecule has 6 nitrogen and oxygen atoms in total. The first-order valence-electron chi connectivity index (χ1n) is 10.1. The van der Waals surface area contributed by atoms with E-state index in [0.717, 1.165) is 50.9 Å². The van der Waals surface area contributed by atoms with Crippen LogP contribution in [0.1, 0.15) is 37.7 Å². The van der Waals surface area contributed by atoms with E-state index in [9.17, 15) is 0 Å². The lowest BCUT2D eigenvalue weighted by molar-refractivity contribution is 0.412. The summed E-state index contributed by atoms with van der Waals surface area (Å²) >= 11 is 0. The molecule has 0 saturated heterocycles. The molecule has 0 atom stereocenters. The van der Waals surface area contributed by atoms with Gasteiger partial charge in [-0.2, -0.15) is 0 Å². The number of ether oxygens (including phenoxy) is 1. The van der Waals surface area contributed by atoms with E-state index in [-0.39, 0.29) is 0 Å². The standard InChI is InChI=1S/C11H13N3.C11H12N2O.C2H6/c1-3-9-7(2)11(12)8-4-5-13-6-10(8)14-9;1-7-11(14-2)10(12)8-5-3-4-6-9(8)13-7;1-2/h4-6H,3H2,1-2H3,(H2,12,14);3-6H,1-2H3,(H2,12,13);1-2H3. The van der Waals surface area contributed by atoms with Crippen molar-refractivity contribution in [1.82, 2.24) is 15.0 Å². The summed E-state index contributed by atoms with van der Waals surface area (Å²) in [6, 6.07) is 9.68. The van der Waals surface area contributed by atoms with Crippen LogP contribution in [0.15, 0.2) is 42.7 Å². The minimum Gasteiger partial charge on any atom is -0.493 e. The number of anilines is 2. The number of hydrogen-bond acceptors (Lipinski definition) is 6. The quantitative estimate of drug-likeness (QED) is 0.473. The van der Waals surface area contributed by atoms with Crippen LogP contribution in [0.25, 0.3) is 21.8 Å². The fraction of sp³-hybridized carbons (Fsp3) is 0.292. The zero-order chi connectivity index (χ0) is 22.3. The lowest BCUT2D eigenvalue weighted by Crippen LogP contribution is -2.00. The highest BCUT2D eigenvalue weighted by molar-refractivity contribution is 5.93. The molecule has 158 valence electrons. The number of aryl methyl sites for hydroxylation is 2. The van der Waals surface area contributed by atoms with E-state index in [0.29, 0.717) is 11.4 Å². The van der Waals surface area contributed by atoms with Crippen molar-refractivity contribution >= 4 is 33.2 Å². The van der Waals surface area contributed by atoms with Crippen molar-refractivity contribution in [2.45, 2.75) is 41.0 Å². The molecule has 6 heteroatoms. The first-order chi connectivity index (χ1) is 14.5. The van der Waals surface area contributed by atoms with E-state index in [1.165, 1.54) is 0 Å². The SMILES string of the molecule is CC.CCc1nc2cnccc2c(N)c1C.COc1c(C)nc2ccccc2c1N. The molecular weight excluding hydrogens is 374 g/mol. The zero-order valence-corrected chi connectivity index (χ0v) is 18.7. The van der Waals surface area contributed by atoms with Gasteiger partial charge in [0.05, 0.1) is 35.7 Å². The van der Waals surface area contributed by atoms with Gasteiger partial charge in [0, 0.05) is 28.4 Å². The summed E-state index contributed by atoms with van der Waals surface area (Å²) in [6.07, 6.45) is 4.40. The largest absolute Gasteiger partial charge is 0.493 e. The second kappa shape index (κ2) is 10.4. The number of methoxy groups -OCH3 is 1. The Morgan fingerprint density at radius 3 is 2.23 bits per heavy atom. The van der Waals surface area contributed by atoms with Crippen LogP contribution in [0.3, 0.4) is 0 Å². The van der Waals surface area contributed by atoms with Gasteiger partial charge in [-0.25, -0.2) is 4.98 Å². The van der Waals surface area contributed by atoms with E-state index < -0.39 is 0 Å². The first-order valence-corrected chi connectivity index (χ1v) is 10.1. The average Bonchev–Trinajstić information content (AvgIpc) is 2.78. The second-order valence-electron chi connectivity index (χ2n) is 6.50. The normalized spacial score (nSPS) is 10.1. The van der Waals surface area contributed by atoms with Crippen molar-refractivity contribution in [3.8, 4) is 5.75 Å². The Morgan fingerprint density at radius 2 is 1.57 bits per heavy atom. The summed E-state index contributed by atoms with van der Waals surface area (Å²) in [5.41, 5.74) is 18.2. The van der Waals surface area contributed by atoms with Gasteiger partial charge in [0.25, 0.3) is 0 Å². The van der Waals surface area contributed by atoms with Gasteiger partial charge in [0.15, 0.2) is 5.75 Å². The van der Waals surface area contributed by atoms with Crippen molar-refractivity contribution in [2.24, 2.45) is 0 Å². The Hall–Kier alpha value is -3.41. The Kier molecular flexibility index (Phi) is 7.92. The molecule has 3 heterocycles. The maximum Gasteiger partial charge on any atom is 0.163 e. The third-order valence-corrected chi connectivity index (χ3v) is 4.78. The molecule has 4 N–H and O–H groups in total. The van der Waals surface area contributed by atoms with Gasteiger partial charge >= 0.3 is 0 Å². The predicted molar refractivity (Wildman–Crippen MR) is 127 cm³/mol. The van der Waals surface area contributed by atoms with Crippen LogP contribution in [-0.4, -0.2) is 22.1 Å². The van der Waals surface area contributed by atoms with Crippen LogP contribution in [-0.2, 0) is 6.42 Å². The number of hydrogen-bond donors (Lipinski definition) is 2. The Labute approximate surface area is 178 Å². The van der Waals surface area contributed by atoms with Gasteiger partial charge in [-0.1, -0.05) is 39.0 Å². The maximum absolute atomic E-state index is 6.03. The van der Waals surface area contributed by atoms with E-state index in [1.54, 1.807) is 19.5 Å². The number of para-hydroxylation sites is 1. The van der Waals surface area contributed by atoms with Gasteiger partial charge in [0.1, 0.15) is 0 Å². The number of pyridine rings is 3. The summed E-state index contributed by atoms with van der Waals surface area (Å²) in [5, 5.41) is 1.93. The number of rotatable bonds is 2. The lowest BCUT2D eigenvalue weighted by atomic mass is 10.1. The van der Waals surface area contributed by atoms with Crippen LogP contribution in [0.4, 0.5) is 11.4 Å². The molecule has 4 aromatic rings. The van der Waals surface area contributed by atoms with Crippen LogP contribution in [0.5, 0.6) is 5.75 Å². The highest BCUT2D eigenvalue weighted by atomic mass is 16.5. The highest BCUT2D eigenvalue weighted by Gasteiger charge is 2.09.